The van der Waals surface area contributed by atoms with Crippen LogP contribution in [0.25, 0.3) is 0 Å². The zero-order valence-corrected chi connectivity index (χ0v) is 9.81. The maximum Gasteiger partial charge on any atom is 0.354 e. The number of nitrogens with zero attached hydrogens (tertiary/aromatic N) is 1. The van der Waals surface area contributed by atoms with Crippen molar-refractivity contribution in [2.24, 2.45) is 0 Å². The van der Waals surface area contributed by atoms with Crippen molar-refractivity contribution in [1.29, 1.82) is 0 Å². The monoisotopic (exact) mass is 232 g/mol. The molecule has 1 rings (SSSR count). The molecule has 0 aliphatic heterocycles. The molecular formula is C13H16N2O2. The SMILES string of the molecule is C#CC(CCC)NCc1cccc(C(=O)O)n1. The van der Waals surface area contributed by atoms with Crippen molar-refractivity contribution in [3.05, 3.63) is 29.6 Å². The van der Waals surface area contributed by atoms with Crippen LogP contribution in [0.4, 0.5) is 0 Å². The normalized spacial score (nSPS) is 11.8. The highest BCUT2D eigenvalue weighted by Gasteiger charge is 2.06. The van der Waals surface area contributed by atoms with E-state index < -0.39 is 5.97 Å². The number of rotatable bonds is 6. The molecular weight excluding hydrogens is 216 g/mol. The Balaban J connectivity index is 2.60. The van der Waals surface area contributed by atoms with E-state index in [1.54, 1.807) is 12.1 Å². The lowest BCUT2D eigenvalue weighted by Gasteiger charge is -2.11. The second-order valence-corrected chi connectivity index (χ2v) is 3.71. The molecule has 4 nitrogen and oxygen atoms in total. The van der Waals surface area contributed by atoms with Gasteiger partial charge in [0.25, 0.3) is 0 Å². The first-order valence-corrected chi connectivity index (χ1v) is 5.56. The van der Waals surface area contributed by atoms with E-state index in [-0.39, 0.29) is 11.7 Å². The van der Waals surface area contributed by atoms with E-state index >= 15 is 0 Å². The van der Waals surface area contributed by atoms with Crippen LogP contribution >= 0.6 is 0 Å². The van der Waals surface area contributed by atoms with Crippen LogP contribution in [-0.4, -0.2) is 22.1 Å². The fraction of sp³-hybridized carbons (Fsp3) is 0.385. The highest BCUT2D eigenvalue weighted by molar-refractivity contribution is 5.85. The van der Waals surface area contributed by atoms with E-state index in [1.165, 1.54) is 6.07 Å². The Bertz CT molecular complexity index is 424. The molecule has 0 radical (unpaired) electrons. The van der Waals surface area contributed by atoms with Crippen molar-refractivity contribution < 1.29 is 9.90 Å². The lowest BCUT2D eigenvalue weighted by molar-refractivity contribution is 0.0690. The van der Waals surface area contributed by atoms with Crippen LogP contribution in [0.15, 0.2) is 18.2 Å². The number of carboxylic acids is 1. The van der Waals surface area contributed by atoms with Gasteiger partial charge in [-0.05, 0) is 18.6 Å². The molecule has 0 aromatic carbocycles. The summed E-state index contributed by atoms with van der Waals surface area (Å²) in [6.45, 7) is 2.55. The smallest absolute Gasteiger partial charge is 0.354 e. The van der Waals surface area contributed by atoms with Gasteiger partial charge < -0.3 is 5.11 Å². The average Bonchev–Trinajstić information content (AvgIpc) is 2.34. The number of hydrogen-bond acceptors (Lipinski definition) is 3. The van der Waals surface area contributed by atoms with E-state index in [2.05, 4.69) is 23.1 Å². The largest absolute Gasteiger partial charge is 0.477 e. The highest BCUT2D eigenvalue weighted by Crippen LogP contribution is 2.01. The molecule has 0 aliphatic rings. The Morgan fingerprint density at radius 3 is 3.00 bits per heavy atom. The van der Waals surface area contributed by atoms with Crippen molar-refractivity contribution in [3.63, 3.8) is 0 Å². The van der Waals surface area contributed by atoms with Crippen molar-refractivity contribution in [2.75, 3.05) is 0 Å². The van der Waals surface area contributed by atoms with Crippen molar-refractivity contribution in [3.8, 4) is 12.3 Å². The molecule has 1 unspecified atom stereocenters. The predicted molar refractivity (Wildman–Crippen MR) is 65.6 cm³/mol. The molecule has 0 amide bonds. The molecule has 4 heteroatoms. The first-order chi connectivity index (χ1) is 8.17. The summed E-state index contributed by atoms with van der Waals surface area (Å²) in [4.78, 5) is 14.7. The van der Waals surface area contributed by atoms with Gasteiger partial charge in [0.1, 0.15) is 5.69 Å². The van der Waals surface area contributed by atoms with Gasteiger partial charge in [-0.3, -0.25) is 5.32 Å². The minimum atomic E-state index is -1.02. The van der Waals surface area contributed by atoms with E-state index in [0.29, 0.717) is 12.2 Å². The topological polar surface area (TPSA) is 62.2 Å². The molecule has 90 valence electrons. The number of terminal acetylenes is 1. The molecule has 0 aliphatic carbocycles. The molecule has 0 spiro atoms. The minimum Gasteiger partial charge on any atom is -0.477 e. The molecule has 0 saturated heterocycles. The van der Waals surface area contributed by atoms with Gasteiger partial charge in [-0.1, -0.05) is 25.3 Å². The summed E-state index contributed by atoms with van der Waals surface area (Å²) in [7, 11) is 0. The molecule has 2 N–H and O–H groups in total. The summed E-state index contributed by atoms with van der Waals surface area (Å²) >= 11 is 0. The minimum absolute atomic E-state index is 0.00952. The number of nitrogens with one attached hydrogen (secondary N) is 1. The van der Waals surface area contributed by atoms with E-state index in [0.717, 1.165) is 12.8 Å². The molecule has 17 heavy (non-hydrogen) atoms. The second kappa shape index (κ2) is 6.66. The first kappa shape index (κ1) is 13.2. The summed E-state index contributed by atoms with van der Waals surface area (Å²) in [5.41, 5.74) is 0.735. The van der Waals surface area contributed by atoms with Gasteiger partial charge in [0.05, 0.1) is 11.7 Å². The number of carboxylic acid groups (broad SMARTS) is 1. The van der Waals surface area contributed by atoms with Crippen LogP contribution in [-0.2, 0) is 6.54 Å². The third kappa shape index (κ3) is 4.25. The quantitative estimate of drug-likeness (QED) is 0.732. The third-order valence-electron chi connectivity index (χ3n) is 2.33. The van der Waals surface area contributed by atoms with Crippen LogP contribution < -0.4 is 5.32 Å². The lowest BCUT2D eigenvalue weighted by Crippen LogP contribution is -2.27. The van der Waals surface area contributed by atoms with Gasteiger partial charge in [0.2, 0.25) is 0 Å². The summed E-state index contributed by atoms with van der Waals surface area (Å²) in [5, 5.41) is 12.0. The Hall–Kier alpha value is -1.86. The summed E-state index contributed by atoms with van der Waals surface area (Å²) in [6, 6.07) is 4.93. The average molecular weight is 232 g/mol. The van der Waals surface area contributed by atoms with Crippen LogP contribution in [0, 0.1) is 12.3 Å². The lowest BCUT2D eigenvalue weighted by atomic mass is 10.2. The van der Waals surface area contributed by atoms with Crippen LogP contribution in [0.2, 0.25) is 0 Å². The molecule has 1 heterocycles. The second-order valence-electron chi connectivity index (χ2n) is 3.71. The fourth-order valence-corrected chi connectivity index (χ4v) is 1.46. The molecule has 1 atom stereocenters. The van der Waals surface area contributed by atoms with Gasteiger partial charge in [-0.25, -0.2) is 9.78 Å². The number of carbonyl (C=O) groups is 1. The summed E-state index contributed by atoms with van der Waals surface area (Å²) in [6.07, 6.45) is 7.28. The van der Waals surface area contributed by atoms with Gasteiger partial charge in [-0.2, -0.15) is 0 Å². The van der Waals surface area contributed by atoms with Crippen LogP contribution in [0.1, 0.15) is 35.9 Å². The summed E-state index contributed by atoms with van der Waals surface area (Å²) < 4.78 is 0. The van der Waals surface area contributed by atoms with E-state index in [1.807, 2.05) is 0 Å². The zero-order chi connectivity index (χ0) is 12.7. The molecule has 0 bridgehead atoms. The van der Waals surface area contributed by atoms with Crippen molar-refractivity contribution >= 4 is 5.97 Å². The highest BCUT2D eigenvalue weighted by atomic mass is 16.4. The van der Waals surface area contributed by atoms with Gasteiger partial charge in [0, 0.05) is 6.54 Å². The zero-order valence-electron chi connectivity index (χ0n) is 9.81. The predicted octanol–water partition coefficient (Wildman–Crippen LogP) is 1.67. The number of aromatic nitrogens is 1. The molecule has 0 saturated carbocycles. The number of aromatic carboxylic acids is 1. The standard InChI is InChI=1S/C13H16N2O2/c1-3-6-10(4-2)14-9-11-7-5-8-12(15-11)13(16)17/h2,5,7-8,10,14H,3,6,9H2,1H3,(H,16,17). The molecule has 1 aromatic heterocycles. The summed E-state index contributed by atoms with van der Waals surface area (Å²) in [5.74, 6) is 1.64. The van der Waals surface area contributed by atoms with Gasteiger partial charge in [-0.15, -0.1) is 6.42 Å². The van der Waals surface area contributed by atoms with Crippen molar-refractivity contribution in [1.82, 2.24) is 10.3 Å². The van der Waals surface area contributed by atoms with E-state index in [4.69, 9.17) is 11.5 Å². The molecule has 0 fully saturated rings. The fourth-order valence-electron chi connectivity index (χ4n) is 1.46. The third-order valence-corrected chi connectivity index (χ3v) is 2.33. The Labute approximate surface area is 101 Å². The maximum atomic E-state index is 10.7. The van der Waals surface area contributed by atoms with Gasteiger partial charge >= 0.3 is 5.97 Å². The van der Waals surface area contributed by atoms with Crippen LogP contribution in [0.5, 0.6) is 0 Å². The Kier molecular flexibility index (Phi) is 5.18. The molecule has 1 aromatic rings. The number of hydrogen-bond donors (Lipinski definition) is 2. The Morgan fingerprint density at radius 1 is 1.65 bits per heavy atom. The Morgan fingerprint density at radius 2 is 2.41 bits per heavy atom. The van der Waals surface area contributed by atoms with Gasteiger partial charge in [0.15, 0.2) is 0 Å². The van der Waals surface area contributed by atoms with E-state index in [9.17, 15) is 4.79 Å². The van der Waals surface area contributed by atoms with Crippen LogP contribution in [0.3, 0.4) is 0 Å². The number of pyridine rings is 1. The first-order valence-electron chi connectivity index (χ1n) is 5.56. The maximum absolute atomic E-state index is 10.7. The van der Waals surface area contributed by atoms with Crippen molar-refractivity contribution in [2.45, 2.75) is 32.4 Å².